The van der Waals surface area contributed by atoms with Crippen LogP contribution in [0.2, 0.25) is 0 Å². The Morgan fingerprint density at radius 3 is 2.85 bits per heavy atom. The topological polar surface area (TPSA) is 105 Å². The Hall–Kier alpha value is -1.93. The van der Waals surface area contributed by atoms with E-state index in [-0.39, 0.29) is 11.9 Å². The van der Waals surface area contributed by atoms with Gasteiger partial charge in [-0.3, -0.25) is 4.79 Å². The number of nitrogens with zero attached hydrogens (tertiary/aromatic N) is 3. The van der Waals surface area contributed by atoms with Gasteiger partial charge in [0, 0.05) is 26.3 Å². The monoisotopic (exact) mass is 280 g/mol. The Labute approximate surface area is 117 Å². The first-order valence-corrected chi connectivity index (χ1v) is 6.58. The van der Waals surface area contributed by atoms with Gasteiger partial charge in [0.05, 0.1) is 0 Å². The number of likely N-dealkylation sites (N-methyl/N-ethyl adjacent to an activating group) is 1. The molecule has 1 atom stereocenters. The average Bonchev–Trinajstić information content (AvgIpc) is 2.77. The molecule has 0 bridgehead atoms. The smallest absolute Gasteiger partial charge is 0.244 e. The molecule has 110 valence electrons. The van der Waals surface area contributed by atoms with E-state index in [1.54, 1.807) is 18.0 Å². The molecule has 0 radical (unpaired) electrons. The van der Waals surface area contributed by atoms with Crippen LogP contribution in [0.5, 0.6) is 0 Å². The van der Waals surface area contributed by atoms with E-state index in [1.807, 2.05) is 6.92 Å². The van der Waals surface area contributed by atoms with Gasteiger partial charge >= 0.3 is 0 Å². The Kier molecular flexibility index (Phi) is 4.70. The van der Waals surface area contributed by atoms with Gasteiger partial charge in [-0.1, -0.05) is 0 Å². The average molecular weight is 280 g/mol. The highest BCUT2D eigenvalue weighted by atomic mass is 16.5. The SMILES string of the molecule is CCOCc1nc(NN)cc(NC2CCN(C)C2=O)n1. The number of carbonyl (C=O) groups excluding carboxylic acids is 1. The molecule has 0 aliphatic carbocycles. The lowest BCUT2D eigenvalue weighted by Crippen LogP contribution is -2.31. The molecule has 1 aromatic rings. The summed E-state index contributed by atoms with van der Waals surface area (Å²) >= 11 is 0. The van der Waals surface area contributed by atoms with Crippen molar-refractivity contribution in [3.05, 3.63) is 11.9 Å². The highest BCUT2D eigenvalue weighted by Gasteiger charge is 2.29. The molecular weight excluding hydrogens is 260 g/mol. The summed E-state index contributed by atoms with van der Waals surface area (Å²) in [5.74, 6) is 7.02. The van der Waals surface area contributed by atoms with Gasteiger partial charge < -0.3 is 20.4 Å². The number of aromatic nitrogens is 2. The quantitative estimate of drug-likeness (QED) is 0.495. The zero-order chi connectivity index (χ0) is 14.5. The van der Waals surface area contributed by atoms with Crippen LogP contribution < -0.4 is 16.6 Å². The number of nitrogens with one attached hydrogen (secondary N) is 2. The van der Waals surface area contributed by atoms with Crippen LogP contribution in [0.1, 0.15) is 19.2 Å². The maximum atomic E-state index is 11.9. The molecule has 20 heavy (non-hydrogen) atoms. The number of hydrogen-bond donors (Lipinski definition) is 3. The number of likely N-dealkylation sites (tertiary alicyclic amines) is 1. The normalized spacial score (nSPS) is 18.4. The van der Waals surface area contributed by atoms with Gasteiger partial charge in [0.15, 0.2) is 5.82 Å². The van der Waals surface area contributed by atoms with Crippen LogP contribution in [0.4, 0.5) is 11.6 Å². The van der Waals surface area contributed by atoms with E-state index in [0.717, 1.165) is 13.0 Å². The minimum absolute atomic E-state index is 0.0669. The summed E-state index contributed by atoms with van der Waals surface area (Å²) in [5, 5.41) is 3.12. The number of amides is 1. The van der Waals surface area contributed by atoms with Crippen LogP contribution in [0.25, 0.3) is 0 Å². The summed E-state index contributed by atoms with van der Waals surface area (Å²) < 4.78 is 5.29. The molecule has 0 spiro atoms. The molecule has 4 N–H and O–H groups in total. The minimum atomic E-state index is -0.250. The number of ether oxygens (including phenoxy) is 1. The van der Waals surface area contributed by atoms with E-state index in [2.05, 4.69) is 20.7 Å². The molecule has 1 fully saturated rings. The van der Waals surface area contributed by atoms with Gasteiger partial charge in [0.25, 0.3) is 0 Å². The Bertz CT molecular complexity index is 481. The summed E-state index contributed by atoms with van der Waals surface area (Å²) in [4.78, 5) is 22.1. The fourth-order valence-electron chi connectivity index (χ4n) is 2.04. The maximum Gasteiger partial charge on any atom is 0.244 e. The molecule has 0 aromatic carbocycles. The van der Waals surface area contributed by atoms with Crippen molar-refractivity contribution in [1.29, 1.82) is 0 Å². The molecular formula is C12H20N6O2. The summed E-state index contributed by atoms with van der Waals surface area (Å²) in [7, 11) is 1.79. The fraction of sp³-hybridized carbons (Fsp3) is 0.583. The van der Waals surface area contributed by atoms with Crippen molar-refractivity contribution in [3.63, 3.8) is 0 Å². The van der Waals surface area contributed by atoms with E-state index >= 15 is 0 Å². The maximum absolute atomic E-state index is 11.9. The lowest BCUT2D eigenvalue weighted by atomic mass is 10.2. The van der Waals surface area contributed by atoms with Gasteiger partial charge in [-0.2, -0.15) is 0 Å². The number of anilines is 2. The van der Waals surface area contributed by atoms with Crippen LogP contribution >= 0.6 is 0 Å². The lowest BCUT2D eigenvalue weighted by molar-refractivity contribution is -0.127. The van der Waals surface area contributed by atoms with Crippen molar-refractivity contribution >= 4 is 17.5 Å². The van der Waals surface area contributed by atoms with E-state index in [9.17, 15) is 4.79 Å². The standard InChI is InChI=1S/C12H20N6O2/c1-3-20-7-11-15-9(6-10(16-11)17-13)14-8-4-5-18(2)12(8)19/h6,8H,3-5,7,13H2,1-2H3,(H2,14,15,16,17). The second kappa shape index (κ2) is 6.49. The van der Waals surface area contributed by atoms with Gasteiger partial charge in [-0.15, -0.1) is 0 Å². The molecule has 1 aromatic heterocycles. The first kappa shape index (κ1) is 14.5. The van der Waals surface area contributed by atoms with Crippen molar-refractivity contribution in [2.75, 3.05) is 30.9 Å². The van der Waals surface area contributed by atoms with Crippen LogP contribution in [-0.4, -0.2) is 47.0 Å². The third-order valence-electron chi connectivity index (χ3n) is 3.11. The predicted molar refractivity (Wildman–Crippen MR) is 74.8 cm³/mol. The van der Waals surface area contributed by atoms with E-state index in [1.165, 1.54) is 0 Å². The third-order valence-corrected chi connectivity index (χ3v) is 3.11. The van der Waals surface area contributed by atoms with Gasteiger partial charge in [0.1, 0.15) is 24.3 Å². The minimum Gasteiger partial charge on any atom is -0.374 e. The number of nitrogen functional groups attached to an aromatic ring is 1. The molecule has 8 nitrogen and oxygen atoms in total. The van der Waals surface area contributed by atoms with Crippen LogP contribution in [0.15, 0.2) is 6.07 Å². The van der Waals surface area contributed by atoms with Crippen LogP contribution in [0.3, 0.4) is 0 Å². The molecule has 0 saturated carbocycles. The van der Waals surface area contributed by atoms with Crippen molar-refractivity contribution < 1.29 is 9.53 Å². The second-order valence-corrected chi connectivity index (χ2v) is 4.58. The molecule has 2 rings (SSSR count). The van der Waals surface area contributed by atoms with E-state index in [0.29, 0.717) is 30.7 Å². The van der Waals surface area contributed by atoms with Gasteiger partial charge in [-0.25, -0.2) is 15.8 Å². The van der Waals surface area contributed by atoms with Crippen molar-refractivity contribution in [2.45, 2.75) is 26.0 Å². The zero-order valence-electron chi connectivity index (χ0n) is 11.7. The number of carbonyl (C=O) groups is 1. The largest absolute Gasteiger partial charge is 0.374 e. The highest BCUT2D eigenvalue weighted by Crippen LogP contribution is 2.17. The number of rotatable bonds is 6. The van der Waals surface area contributed by atoms with Crippen LogP contribution in [0, 0.1) is 0 Å². The Morgan fingerprint density at radius 1 is 1.50 bits per heavy atom. The van der Waals surface area contributed by atoms with Gasteiger partial charge in [-0.05, 0) is 13.3 Å². The second-order valence-electron chi connectivity index (χ2n) is 4.58. The number of hydrogen-bond acceptors (Lipinski definition) is 7. The van der Waals surface area contributed by atoms with Crippen molar-refractivity contribution in [3.8, 4) is 0 Å². The Morgan fingerprint density at radius 2 is 2.25 bits per heavy atom. The first-order valence-electron chi connectivity index (χ1n) is 6.58. The lowest BCUT2D eigenvalue weighted by Gasteiger charge is -2.14. The summed E-state index contributed by atoms with van der Waals surface area (Å²) in [6.45, 7) is 3.53. The van der Waals surface area contributed by atoms with E-state index < -0.39 is 0 Å². The number of nitrogens with two attached hydrogens (primary N) is 1. The molecule has 8 heteroatoms. The van der Waals surface area contributed by atoms with E-state index in [4.69, 9.17) is 10.6 Å². The summed E-state index contributed by atoms with van der Waals surface area (Å²) in [6.07, 6.45) is 0.755. The first-order chi connectivity index (χ1) is 9.63. The van der Waals surface area contributed by atoms with Crippen molar-refractivity contribution in [2.24, 2.45) is 5.84 Å². The Balaban J connectivity index is 2.12. The number of hydrazine groups is 1. The summed E-state index contributed by atoms with van der Waals surface area (Å²) in [6, 6.07) is 1.42. The molecule has 1 saturated heterocycles. The predicted octanol–water partition coefficient (Wildman–Crippen LogP) is -0.0587. The van der Waals surface area contributed by atoms with Crippen molar-refractivity contribution in [1.82, 2.24) is 14.9 Å². The van der Waals surface area contributed by atoms with Gasteiger partial charge in [0.2, 0.25) is 5.91 Å². The van der Waals surface area contributed by atoms with Crippen LogP contribution in [-0.2, 0) is 16.1 Å². The molecule has 1 aliphatic rings. The molecule has 1 amide bonds. The molecule has 1 unspecified atom stereocenters. The fourth-order valence-corrected chi connectivity index (χ4v) is 2.04. The highest BCUT2D eigenvalue weighted by molar-refractivity contribution is 5.86. The molecule has 2 heterocycles. The molecule has 1 aliphatic heterocycles. The zero-order valence-corrected chi connectivity index (χ0v) is 11.7. The third kappa shape index (κ3) is 3.34. The summed E-state index contributed by atoms with van der Waals surface area (Å²) in [5.41, 5.74) is 2.49.